The quantitative estimate of drug-likeness (QED) is 0.468. The van der Waals surface area contributed by atoms with Crippen molar-refractivity contribution in [3.8, 4) is 11.1 Å². The average Bonchev–Trinajstić information content (AvgIpc) is 3.42. The van der Waals surface area contributed by atoms with Gasteiger partial charge >= 0.3 is 0 Å². The number of hydrogen-bond acceptors (Lipinski definition) is 6. The second-order valence-corrected chi connectivity index (χ2v) is 10.6. The number of aromatic nitrogens is 2. The van der Waals surface area contributed by atoms with Crippen molar-refractivity contribution in [2.75, 3.05) is 19.0 Å². The number of nitrogens with one attached hydrogen (secondary N) is 2. The van der Waals surface area contributed by atoms with Crippen LogP contribution in [0, 0.1) is 5.82 Å². The van der Waals surface area contributed by atoms with E-state index in [9.17, 15) is 17.6 Å². The van der Waals surface area contributed by atoms with Gasteiger partial charge in [-0.3, -0.25) is 9.48 Å². The fraction of sp³-hybridized carbons (Fsp3) is 0.300. The Balaban J connectivity index is 1.54. The third-order valence-corrected chi connectivity index (χ3v) is 8.25. The molecule has 0 bridgehead atoms. The van der Waals surface area contributed by atoms with Gasteiger partial charge in [-0.15, -0.1) is 11.3 Å². The van der Waals surface area contributed by atoms with Gasteiger partial charge in [-0.1, -0.05) is 11.6 Å². The van der Waals surface area contributed by atoms with Crippen LogP contribution in [0.15, 0.2) is 42.0 Å². The Labute approximate surface area is 199 Å². The highest BCUT2D eigenvalue weighted by Gasteiger charge is 2.41. The molecule has 1 aromatic carbocycles. The average molecular weight is 514 g/mol. The summed E-state index contributed by atoms with van der Waals surface area (Å²) in [7, 11) is -2.59. The molecule has 9 nitrogen and oxygen atoms in total. The fourth-order valence-corrected chi connectivity index (χ4v) is 6.02. The summed E-state index contributed by atoms with van der Waals surface area (Å²) in [5.41, 5.74) is 1.97. The second kappa shape index (κ2) is 9.49. The van der Waals surface area contributed by atoms with Crippen molar-refractivity contribution in [3.63, 3.8) is 0 Å². The molecule has 1 aliphatic heterocycles. The first-order valence-electron chi connectivity index (χ1n) is 9.91. The number of halogens is 2. The van der Waals surface area contributed by atoms with Gasteiger partial charge in [0, 0.05) is 29.4 Å². The Morgan fingerprint density at radius 3 is 2.91 bits per heavy atom. The molecule has 3 aromatic rings. The van der Waals surface area contributed by atoms with Crippen molar-refractivity contribution in [1.82, 2.24) is 18.8 Å². The molecule has 1 aliphatic rings. The van der Waals surface area contributed by atoms with Crippen molar-refractivity contribution in [2.24, 2.45) is 0 Å². The van der Waals surface area contributed by atoms with E-state index in [4.69, 9.17) is 16.7 Å². The molecule has 2 aromatic heterocycles. The number of carbonyl (C=O) groups is 1. The molecule has 0 unspecified atom stereocenters. The van der Waals surface area contributed by atoms with Crippen LogP contribution < -0.4 is 10.0 Å². The summed E-state index contributed by atoms with van der Waals surface area (Å²) in [6, 6.07) is 4.02. The fourth-order valence-electron chi connectivity index (χ4n) is 3.52. The maximum atomic E-state index is 13.4. The lowest BCUT2D eigenvalue weighted by Gasteiger charge is -2.35. The van der Waals surface area contributed by atoms with E-state index in [0.717, 1.165) is 26.4 Å². The Hall–Kier alpha value is -2.35. The zero-order valence-corrected chi connectivity index (χ0v) is 19.8. The minimum Gasteiger partial charge on any atom is -0.394 e. The molecule has 2 atom stereocenters. The predicted octanol–water partition coefficient (Wildman–Crippen LogP) is 2.61. The zero-order valence-electron chi connectivity index (χ0n) is 17.4. The van der Waals surface area contributed by atoms with Crippen LogP contribution in [0.1, 0.15) is 17.3 Å². The number of likely N-dealkylation sites (N-methyl/N-ethyl adjacent to an activating group) is 1. The van der Waals surface area contributed by atoms with Crippen LogP contribution in [0.2, 0.25) is 5.02 Å². The van der Waals surface area contributed by atoms with Crippen molar-refractivity contribution >= 4 is 44.7 Å². The van der Waals surface area contributed by atoms with Crippen LogP contribution in [0.4, 0.5) is 10.1 Å². The summed E-state index contributed by atoms with van der Waals surface area (Å²) in [5.74, 6) is -1.16. The van der Waals surface area contributed by atoms with Gasteiger partial charge in [0.2, 0.25) is 5.91 Å². The Kier molecular flexibility index (Phi) is 6.84. The van der Waals surface area contributed by atoms with E-state index < -0.39 is 34.0 Å². The molecule has 33 heavy (non-hydrogen) atoms. The topological polar surface area (TPSA) is 117 Å². The van der Waals surface area contributed by atoms with Gasteiger partial charge in [-0.25, -0.2) is 4.39 Å². The first-order chi connectivity index (χ1) is 15.7. The number of hydrogen-bond donors (Lipinski definition) is 3. The highest BCUT2D eigenvalue weighted by atomic mass is 35.5. The minimum absolute atomic E-state index is 0.0268. The first kappa shape index (κ1) is 23.8. The molecule has 13 heteroatoms. The summed E-state index contributed by atoms with van der Waals surface area (Å²) in [5, 5.41) is 17.6. The van der Waals surface area contributed by atoms with Crippen LogP contribution in [0.25, 0.3) is 11.1 Å². The van der Waals surface area contributed by atoms with Gasteiger partial charge in [0.05, 0.1) is 30.4 Å². The summed E-state index contributed by atoms with van der Waals surface area (Å²) in [6.45, 7) is 0.350. The van der Waals surface area contributed by atoms with Crippen LogP contribution in [-0.2, 0) is 21.5 Å². The molecular formula is C20H21ClFN5O4S2. The summed E-state index contributed by atoms with van der Waals surface area (Å²) in [6.07, 6.45) is 3.66. The molecule has 0 radical (unpaired) electrons. The molecule has 0 aliphatic carbocycles. The number of nitrogens with zero attached hydrogens (tertiary/aromatic N) is 3. The van der Waals surface area contributed by atoms with Crippen LogP contribution in [0.3, 0.4) is 0 Å². The lowest BCUT2D eigenvalue weighted by molar-refractivity contribution is -0.120. The van der Waals surface area contributed by atoms with Crippen LogP contribution >= 0.6 is 22.9 Å². The number of anilines is 1. The Morgan fingerprint density at radius 2 is 2.18 bits per heavy atom. The van der Waals surface area contributed by atoms with Gasteiger partial charge in [0.25, 0.3) is 10.2 Å². The van der Waals surface area contributed by atoms with Gasteiger partial charge in [-0.2, -0.15) is 22.5 Å². The Bertz CT molecular complexity index is 1280. The molecule has 0 saturated carbocycles. The third kappa shape index (κ3) is 5.10. The SMILES string of the molecule is CN1[C@H](C(=O)Nc2ccc(F)c(Cl)c2)C[C@H](c2cc(-c3cnn(CCO)c3)cs2)NS1(=O)=O. The standard InChI is InChI=1S/C20H21ClFN5O4S2/c1-26-18(20(29)24-14-2-3-16(22)15(21)7-14)8-17(25-33(26,30)31)19-6-12(11-32-19)13-9-23-27(10-13)4-5-28/h2-3,6-7,9-11,17-18,25,28H,4-5,8H2,1H3,(H,24,29)/t17-,18+/m1/s1. The third-order valence-electron chi connectivity index (χ3n) is 5.32. The van der Waals surface area contributed by atoms with Crippen molar-refractivity contribution in [3.05, 3.63) is 57.8 Å². The number of aliphatic hydroxyl groups excluding tert-OH is 1. The maximum absolute atomic E-state index is 13.4. The number of amides is 1. The van der Waals surface area contributed by atoms with Gasteiger partial charge in [0.1, 0.15) is 11.9 Å². The lowest BCUT2D eigenvalue weighted by atomic mass is 10.0. The van der Waals surface area contributed by atoms with E-state index in [1.165, 1.54) is 30.5 Å². The van der Waals surface area contributed by atoms with E-state index >= 15 is 0 Å². The van der Waals surface area contributed by atoms with Crippen LogP contribution in [0.5, 0.6) is 0 Å². The zero-order chi connectivity index (χ0) is 23.8. The number of benzene rings is 1. The monoisotopic (exact) mass is 513 g/mol. The number of rotatable bonds is 6. The van der Waals surface area contributed by atoms with Gasteiger partial charge < -0.3 is 10.4 Å². The van der Waals surface area contributed by atoms with Crippen molar-refractivity contribution in [1.29, 1.82) is 0 Å². The smallest absolute Gasteiger partial charge is 0.280 e. The normalized spacial score (nSPS) is 20.6. The molecule has 4 rings (SSSR count). The minimum atomic E-state index is -3.92. The highest BCUT2D eigenvalue weighted by molar-refractivity contribution is 7.87. The van der Waals surface area contributed by atoms with E-state index in [1.54, 1.807) is 17.1 Å². The van der Waals surface area contributed by atoms with Crippen LogP contribution in [-0.4, -0.2) is 53.2 Å². The molecule has 1 saturated heterocycles. The molecule has 3 N–H and O–H groups in total. The summed E-state index contributed by atoms with van der Waals surface area (Å²) < 4.78 is 44.1. The number of aliphatic hydroxyl groups is 1. The number of carbonyl (C=O) groups excluding carboxylic acids is 1. The van der Waals surface area contributed by atoms with Gasteiger partial charge in [0.15, 0.2) is 0 Å². The summed E-state index contributed by atoms with van der Waals surface area (Å²) in [4.78, 5) is 13.7. The van der Waals surface area contributed by atoms with E-state index in [2.05, 4.69) is 15.1 Å². The molecule has 3 heterocycles. The highest BCUT2D eigenvalue weighted by Crippen LogP contribution is 2.35. The number of thiophene rings is 1. The maximum Gasteiger partial charge on any atom is 0.280 e. The van der Waals surface area contributed by atoms with E-state index in [0.29, 0.717) is 6.54 Å². The van der Waals surface area contributed by atoms with E-state index in [-0.39, 0.29) is 23.7 Å². The molecule has 1 fully saturated rings. The predicted molar refractivity (Wildman–Crippen MR) is 124 cm³/mol. The van der Waals surface area contributed by atoms with Gasteiger partial charge in [-0.05, 0) is 41.6 Å². The molecule has 176 valence electrons. The molecule has 0 spiro atoms. The van der Waals surface area contributed by atoms with Crippen molar-refractivity contribution < 1.29 is 22.7 Å². The largest absolute Gasteiger partial charge is 0.394 e. The second-order valence-electron chi connectivity index (χ2n) is 7.51. The summed E-state index contributed by atoms with van der Waals surface area (Å²) >= 11 is 7.15. The van der Waals surface area contributed by atoms with E-state index in [1.807, 2.05) is 11.4 Å². The lowest BCUT2D eigenvalue weighted by Crippen LogP contribution is -2.55. The Morgan fingerprint density at radius 1 is 1.39 bits per heavy atom. The van der Waals surface area contributed by atoms with Crippen molar-refractivity contribution in [2.45, 2.75) is 25.0 Å². The molecular weight excluding hydrogens is 493 g/mol. The molecule has 1 amide bonds. The first-order valence-corrected chi connectivity index (χ1v) is 12.6.